The lowest BCUT2D eigenvalue weighted by molar-refractivity contribution is -0.146. The summed E-state index contributed by atoms with van der Waals surface area (Å²) in [6.07, 6.45) is 0.508. The summed E-state index contributed by atoms with van der Waals surface area (Å²) >= 11 is 1.58. The first-order valence-corrected chi connectivity index (χ1v) is 6.73. The third-order valence-electron chi connectivity index (χ3n) is 3.30. The first-order valence-electron chi connectivity index (χ1n) is 5.78. The molecule has 1 aliphatic heterocycles. The molecule has 1 saturated heterocycles. The summed E-state index contributed by atoms with van der Waals surface area (Å²) in [4.78, 5) is 24.5. The lowest BCUT2D eigenvalue weighted by Gasteiger charge is -2.20. The molecule has 2 heterocycles. The number of carbonyl (C=O) groups is 2. The van der Waals surface area contributed by atoms with Crippen LogP contribution >= 0.6 is 11.3 Å². The maximum atomic E-state index is 11.9. The average Bonchev–Trinajstić information content (AvgIpc) is 2.95. The van der Waals surface area contributed by atoms with Gasteiger partial charge in [-0.05, 0) is 35.7 Å². The number of hydrogen-bond acceptors (Lipinski definition) is 3. The summed E-state index contributed by atoms with van der Waals surface area (Å²) in [7, 11) is 0. The maximum Gasteiger partial charge on any atom is 0.317 e. The van der Waals surface area contributed by atoms with Crippen molar-refractivity contribution < 1.29 is 14.7 Å². The van der Waals surface area contributed by atoms with Crippen LogP contribution in [0.15, 0.2) is 16.8 Å². The molecule has 2 N–H and O–H groups in total. The van der Waals surface area contributed by atoms with Crippen LogP contribution in [0.25, 0.3) is 0 Å². The van der Waals surface area contributed by atoms with Gasteiger partial charge < -0.3 is 15.3 Å². The van der Waals surface area contributed by atoms with Gasteiger partial charge in [0.2, 0.25) is 0 Å². The van der Waals surface area contributed by atoms with E-state index in [4.69, 9.17) is 5.11 Å². The van der Waals surface area contributed by atoms with Crippen LogP contribution in [-0.2, 0) is 11.3 Å². The zero-order chi connectivity index (χ0) is 13.2. The normalized spacial score (nSPS) is 23.1. The minimum absolute atomic E-state index is 0.189. The number of amides is 2. The molecule has 18 heavy (non-hydrogen) atoms. The zero-order valence-electron chi connectivity index (χ0n) is 10.2. The molecule has 0 bridgehead atoms. The van der Waals surface area contributed by atoms with E-state index in [0.717, 1.165) is 5.56 Å². The SMILES string of the molecule is CC1(C(=O)O)CCN(C(=O)NCc2ccsc2)C1. The molecule has 1 aromatic rings. The van der Waals surface area contributed by atoms with E-state index in [1.807, 2.05) is 16.8 Å². The highest BCUT2D eigenvalue weighted by Gasteiger charge is 2.42. The smallest absolute Gasteiger partial charge is 0.317 e. The number of aliphatic carboxylic acids is 1. The summed E-state index contributed by atoms with van der Waals surface area (Å²) in [6.45, 7) is 2.94. The van der Waals surface area contributed by atoms with E-state index < -0.39 is 11.4 Å². The molecule has 5 nitrogen and oxygen atoms in total. The Hall–Kier alpha value is -1.56. The van der Waals surface area contributed by atoms with Gasteiger partial charge in [0.05, 0.1) is 5.41 Å². The minimum Gasteiger partial charge on any atom is -0.481 e. The number of rotatable bonds is 3. The second-order valence-corrected chi connectivity index (χ2v) is 5.61. The number of likely N-dealkylation sites (tertiary alicyclic amines) is 1. The predicted molar refractivity (Wildman–Crippen MR) is 68.5 cm³/mol. The summed E-state index contributed by atoms with van der Waals surface area (Å²) in [5.41, 5.74) is 0.258. The number of nitrogens with zero attached hydrogens (tertiary/aromatic N) is 1. The van der Waals surface area contributed by atoms with Gasteiger partial charge in [-0.1, -0.05) is 0 Å². The summed E-state index contributed by atoms with van der Waals surface area (Å²) < 4.78 is 0. The van der Waals surface area contributed by atoms with Gasteiger partial charge in [0, 0.05) is 19.6 Å². The van der Waals surface area contributed by atoms with Crippen LogP contribution in [0.2, 0.25) is 0 Å². The van der Waals surface area contributed by atoms with Crippen LogP contribution in [-0.4, -0.2) is 35.1 Å². The molecule has 1 atom stereocenters. The Labute approximate surface area is 109 Å². The summed E-state index contributed by atoms with van der Waals surface area (Å²) in [5, 5.41) is 15.8. The molecule has 2 amide bonds. The molecule has 6 heteroatoms. The van der Waals surface area contributed by atoms with E-state index >= 15 is 0 Å². The van der Waals surface area contributed by atoms with E-state index in [1.165, 1.54) is 0 Å². The summed E-state index contributed by atoms with van der Waals surface area (Å²) in [5.74, 6) is -0.837. The van der Waals surface area contributed by atoms with Crippen molar-refractivity contribution in [2.45, 2.75) is 19.9 Å². The molecular formula is C12H16N2O3S. The van der Waals surface area contributed by atoms with Crippen LogP contribution in [0, 0.1) is 5.41 Å². The molecule has 0 radical (unpaired) electrons. The van der Waals surface area contributed by atoms with Crippen molar-refractivity contribution >= 4 is 23.3 Å². The van der Waals surface area contributed by atoms with Gasteiger partial charge in [-0.2, -0.15) is 11.3 Å². The minimum atomic E-state index is -0.837. The lowest BCUT2D eigenvalue weighted by atomic mass is 9.90. The first kappa shape index (κ1) is 12.9. The van der Waals surface area contributed by atoms with Crippen LogP contribution in [0.4, 0.5) is 4.79 Å². The van der Waals surface area contributed by atoms with Crippen molar-refractivity contribution in [3.8, 4) is 0 Å². The monoisotopic (exact) mass is 268 g/mol. The van der Waals surface area contributed by atoms with Crippen LogP contribution in [0.3, 0.4) is 0 Å². The molecule has 98 valence electrons. The largest absolute Gasteiger partial charge is 0.481 e. The second-order valence-electron chi connectivity index (χ2n) is 4.83. The zero-order valence-corrected chi connectivity index (χ0v) is 11.0. The number of nitrogens with one attached hydrogen (secondary N) is 1. The highest BCUT2D eigenvalue weighted by Crippen LogP contribution is 2.29. The molecule has 1 aromatic heterocycles. The number of carboxylic acid groups (broad SMARTS) is 1. The molecule has 2 rings (SSSR count). The molecule has 1 aliphatic rings. The van der Waals surface area contributed by atoms with E-state index in [-0.39, 0.29) is 12.6 Å². The fraction of sp³-hybridized carbons (Fsp3) is 0.500. The fourth-order valence-electron chi connectivity index (χ4n) is 1.99. The Bertz CT molecular complexity index is 446. The molecule has 1 unspecified atom stereocenters. The standard InChI is InChI=1S/C12H16N2O3S/c1-12(10(15)16)3-4-14(8-12)11(17)13-6-9-2-5-18-7-9/h2,5,7H,3-4,6,8H2,1H3,(H,13,17)(H,15,16). The van der Waals surface area contributed by atoms with Gasteiger partial charge in [0.25, 0.3) is 0 Å². The van der Waals surface area contributed by atoms with Crippen LogP contribution < -0.4 is 5.32 Å². The first-order chi connectivity index (χ1) is 8.51. The number of thiophene rings is 1. The average molecular weight is 268 g/mol. The Kier molecular flexibility index (Phi) is 3.56. The van der Waals surface area contributed by atoms with Crippen LogP contribution in [0.1, 0.15) is 18.9 Å². The fourth-order valence-corrected chi connectivity index (χ4v) is 2.66. The van der Waals surface area contributed by atoms with Crippen molar-refractivity contribution in [3.05, 3.63) is 22.4 Å². The van der Waals surface area contributed by atoms with Crippen molar-refractivity contribution in [1.82, 2.24) is 10.2 Å². The van der Waals surface area contributed by atoms with Crippen molar-refractivity contribution in [2.24, 2.45) is 5.41 Å². The Morgan fingerprint density at radius 2 is 2.39 bits per heavy atom. The Morgan fingerprint density at radius 1 is 1.61 bits per heavy atom. The van der Waals surface area contributed by atoms with Gasteiger partial charge in [-0.25, -0.2) is 4.79 Å². The van der Waals surface area contributed by atoms with Gasteiger partial charge in [0.1, 0.15) is 0 Å². The van der Waals surface area contributed by atoms with E-state index in [9.17, 15) is 9.59 Å². The third-order valence-corrected chi connectivity index (χ3v) is 4.03. The number of hydrogen-bond donors (Lipinski definition) is 2. The van der Waals surface area contributed by atoms with Crippen LogP contribution in [0.5, 0.6) is 0 Å². The quantitative estimate of drug-likeness (QED) is 0.877. The van der Waals surface area contributed by atoms with E-state index in [0.29, 0.717) is 19.5 Å². The van der Waals surface area contributed by atoms with Crippen molar-refractivity contribution in [1.29, 1.82) is 0 Å². The molecule has 0 saturated carbocycles. The number of carboxylic acids is 1. The van der Waals surface area contributed by atoms with Gasteiger partial charge in [-0.15, -0.1) is 0 Å². The van der Waals surface area contributed by atoms with Crippen molar-refractivity contribution in [2.75, 3.05) is 13.1 Å². The number of carbonyl (C=O) groups excluding carboxylic acids is 1. The summed E-state index contributed by atoms with van der Waals surface area (Å²) in [6, 6.07) is 1.77. The van der Waals surface area contributed by atoms with Crippen molar-refractivity contribution in [3.63, 3.8) is 0 Å². The maximum absolute atomic E-state index is 11.9. The van der Waals surface area contributed by atoms with E-state index in [1.54, 1.807) is 23.2 Å². The number of urea groups is 1. The third kappa shape index (κ3) is 2.64. The topological polar surface area (TPSA) is 69.6 Å². The highest BCUT2D eigenvalue weighted by atomic mass is 32.1. The highest BCUT2D eigenvalue weighted by molar-refractivity contribution is 7.07. The molecular weight excluding hydrogens is 252 g/mol. The Morgan fingerprint density at radius 3 is 2.94 bits per heavy atom. The molecule has 1 fully saturated rings. The van der Waals surface area contributed by atoms with E-state index in [2.05, 4.69) is 5.32 Å². The second kappa shape index (κ2) is 4.97. The van der Waals surface area contributed by atoms with Gasteiger partial charge in [0.15, 0.2) is 0 Å². The molecule has 0 aliphatic carbocycles. The Balaban J connectivity index is 1.86. The molecule has 0 aromatic carbocycles. The van der Waals surface area contributed by atoms with Gasteiger partial charge in [-0.3, -0.25) is 4.79 Å². The predicted octanol–water partition coefficient (Wildman–Crippen LogP) is 1.75. The molecule has 0 spiro atoms. The van der Waals surface area contributed by atoms with Gasteiger partial charge >= 0.3 is 12.0 Å². The lowest BCUT2D eigenvalue weighted by Crippen LogP contribution is -2.40.